The molecule has 0 spiro atoms. The molecule has 1 rings (SSSR count). The maximum Gasteiger partial charge on any atom is 0.231 e. The molecule has 0 fully saturated rings. The minimum absolute atomic E-state index is 0.246. The molecule has 78 valence electrons. The average Bonchev–Trinajstić information content (AvgIpc) is 2.17. The number of rotatable bonds is 5. The Morgan fingerprint density at radius 1 is 1.36 bits per heavy atom. The Labute approximate surface area is 85.8 Å². The van der Waals surface area contributed by atoms with Crippen LogP contribution in [0.1, 0.15) is 12.5 Å². The van der Waals surface area contributed by atoms with E-state index in [-0.39, 0.29) is 6.61 Å². The molecule has 1 atom stereocenters. The molecule has 14 heavy (non-hydrogen) atoms. The Hall–Kier alpha value is -0.910. The van der Waals surface area contributed by atoms with Crippen LogP contribution in [0, 0.1) is 0 Å². The highest BCUT2D eigenvalue weighted by Crippen LogP contribution is 2.12. The van der Waals surface area contributed by atoms with Crippen molar-refractivity contribution in [3.63, 3.8) is 0 Å². The molecule has 1 aromatic carbocycles. The van der Waals surface area contributed by atoms with Gasteiger partial charge in [0, 0.05) is 0 Å². The number of nitrogens with two attached hydrogens (primary N) is 1. The molecule has 0 bridgehead atoms. The zero-order valence-electron chi connectivity index (χ0n) is 7.93. The molecule has 0 saturated heterocycles. The van der Waals surface area contributed by atoms with Gasteiger partial charge in [0.25, 0.3) is 0 Å². The first-order chi connectivity index (χ1) is 6.72. The topological polar surface area (TPSA) is 61.6 Å². The molecule has 0 aromatic heterocycles. The molecule has 1 aromatic rings. The SMILES string of the molecule is CCOc1ccc(COS(N)=O)cc1. The van der Waals surface area contributed by atoms with Gasteiger partial charge in [0.1, 0.15) is 5.75 Å². The van der Waals surface area contributed by atoms with E-state index >= 15 is 0 Å². The van der Waals surface area contributed by atoms with Crippen LogP contribution in [-0.2, 0) is 22.1 Å². The summed E-state index contributed by atoms with van der Waals surface area (Å²) in [5.74, 6) is 0.810. The Morgan fingerprint density at radius 3 is 2.50 bits per heavy atom. The van der Waals surface area contributed by atoms with Crippen LogP contribution in [0.25, 0.3) is 0 Å². The lowest BCUT2D eigenvalue weighted by Crippen LogP contribution is -2.06. The van der Waals surface area contributed by atoms with Crippen molar-refractivity contribution in [2.45, 2.75) is 13.5 Å². The van der Waals surface area contributed by atoms with E-state index in [1.807, 2.05) is 31.2 Å². The molecule has 0 aliphatic rings. The van der Waals surface area contributed by atoms with Gasteiger partial charge < -0.3 is 4.74 Å². The van der Waals surface area contributed by atoms with E-state index in [9.17, 15) is 4.21 Å². The van der Waals surface area contributed by atoms with Crippen LogP contribution in [-0.4, -0.2) is 10.8 Å². The second-order valence-electron chi connectivity index (χ2n) is 2.60. The van der Waals surface area contributed by atoms with Gasteiger partial charge in [-0.05, 0) is 24.6 Å². The zero-order valence-corrected chi connectivity index (χ0v) is 8.75. The smallest absolute Gasteiger partial charge is 0.231 e. The predicted octanol–water partition coefficient (Wildman–Crippen LogP) is 1.14. The Bertz CT molecular complexity index is 299. The van der Waals surface area contributed by atoms with Crippen LogP contribution < -0.4 is 9.88 Å². The summed E-state index contributed by atoms with van der Waals surface area (Å²) in [7, 11) is 0. The number of ether oxygens (including phenoxy) is 1. The fourth-order valence-corrected chi connectivity index (χ4v) is 1.23. The second kappa shape index (κ2) is 5.74. The predicted molar refractivity (Wildman–Crippen MR) is 54.7 cm³/mol. The van der Waals surface area contributed by atoms with Gasteiger partial charge in [0.05, 0.1) is 13.2 Å². The molecule has 0 heterocycles. The lowest BCUT2D eigenvalue weighted by Gasteiger charge is -2.04. The van der Waals surface area contributed by atoms with E-state index in [1.165, 1.54) is 0 Å². The second-order valence-corrected chi connectivity index (χ2v) is 3.36. The first kappa shape index (κ1) is 11.2. The molecular weight excluding hydrogens is 202 g/mol. The summed E-state index contributed by atoms with van der Waals surface area (Å²) in [5, 5.41) is 4.94. The third-order valence-corrected chi connectivity index (χ3v) is 1.93. The highest BCUT2D eigenvalue weighted by molar-refractivity contribution is 7.77. The fraction of sp³-hybridized carbons (Fsp3) is 0.333. The maximum atomic E-state index is 10.4. The molecule has 0 aliphatic heterocycles. The standard InChI is InChI=1S/C9H13NO3S/c1-2-12-9-5-3-8(4-6-9)7-13-14(10)11/h3-6H,2,7,10H2,1H3. The largest absolute Gasteiger partial charge is 0.494 e. The monoisotopic (exact) mass is 215 g/mol. The molecule has 0 aliphatic carbocycles. The van der Waals surface area contributed by atoms with Crippen molar-refractivity contribution >= 4 is 11.3 Å². The number of hydrogen-bond acceptors (Lipinski definition) is 3. The molecule has 4 nitrogen and oxygen atoms in total. The highest BCUT2D eigenvalue weighted by Gasteiger charge is 1.96. The van der Waals surface area contributed by atoms with Gasteiger partial charge in [-0.3, -0.25) is 4.18 Å². The van der Waals surface area contributed by atoms with Gasteiger partial charge >= 0.3 is 0 Å². The summed E-state index contributed by atoms with van der Waals surface area (Å²) < 4.78 is 20.4. The fourth-order valence-electron chi connectivity index (χ4n) is 0.975. The van der Waals surface area contributed by atoms with E-state index < -0.39 is 11.3 Å². The number of hydrogen-bond donors (Lipinski definition) is 1. The summed E-state index contributed by atoms with van der Waals surface area (Å²) in [4.78, 5) is 0. The van der Waals surface area contributed by atoms with Crippen LogP contribution in [0.2, 0.25) is 0 Å². The average molecular weight is 215 g/mol. The maximum absolute atomic E-state index is 10.4. The van der Waals surface area contributed by atoms with Crippen molar-refractivity contribution in [2.24, 2.45) is 5.14 Å². The normalized spacial score (nSPS) is 12.4. The van der Waals surface area contributed by atoms with E-state index in [1.54, 1.807) is 0 Å². The van der Waals surface area contributed by atoms with E-state index in [2.05, 4.69) is 0 Å². The molecule has 5 heteroatoms. The zero-order chi connectivity index (χ0) is 10.4. The van der Waals surface area contributed by atoms with Crippen molar-refractivity contribution in [1.82, 2.24) is 0 Å². The van der Waals surface area contributed by atoms with Gasteiger partial charge in [0.2, 0.25) is 11.3 Å². The lowest BCUT2D eigenvalue weighted by molar-refractivity contribution is 0.333. The lowest BCUT2D eigenvalue weighted by atomic mass is 10.2. The van der Waals surface area contributed by atoms with Crippen molar-refractivity contribution in [3.8, 4) is 5.75 Å². The van der Waals surface area contributed by atoms with Crippen LogP contribution in [0.4, 0.5) is 0 Å². The van der Waals surface area contributed by atoms with E-state index in [4.69, 9.17) is 14.1 Å². The summed E-state index contributed by atoms with van der Waals surface area (Å²) in [5.41, 5.74) is 0.909. The molecule has 2 N–H and O–H groups in total. The first-order valence-electron chi connectivity index (χ1n) is 4.23. The van der Waals surface area contributed by atoms with Crippen molar-refractivity contribution in [2.75, 3.05) is 6.61 Å². The van der Waals surface area contributed by atoms with Crippen molar-refractivity contribution < 1.29 is 13.1 Å². The van der Waals surface area contributed by atoms with Crippen molar-refractivity contribution in [3.05, 3.63) is 29.8 Å². The quantitative estimate of drug-likeness (QED) is 0.801. The van der Waals surface area contributed by atoms with Gasteiger partial charge in [-0.2, -0.15) is 0 Å². The molecule has 0 amide bonds. The summed E-state index contributed by atoms with van der Waals surface area (Å²) in [6.07, 6.45) is 0. The Balaban J connectivity index is 2.50. The molecule has 1 unspecified atom stereocenters. The Kier molecular flexibility index (Phi) is 4.58. The Morgan fingerprint density at radius 2 is 2.00 bits per heavy atom. The molecular formula is C9H13NO3S. The molecule has 0 radical (unpaired) electrons. The third-order valence-electron chi connectivity index (χ3n) is 1.58. The highest BCUT2D eigenvalue weighted by atomic mass is 32.2. The third kappa shape index (κ3) is 3.87. The van der Waals surface area contributed by atoms with Crippen LogP contribution in [0.5, 0.6) is 5.75 Å². The summed E-state index contributed by atoms with van der Waals surface area (Å²) >= 11 is -1.71. The van der Waals surface area contributed by atoms with Crippen LogP contribution in [0.3, 0.4) is 0 Å². The summed E-state index contributed by atoms with van der Waals surface area (Å²) in [6.45, 7) is 2.81. The van der Waals surface area contributed by atoms with Gasteiger partial charge in [-0.15, -0.1) is 0 Å². The number of benzene rings is 1. The van der Waals surface area contributed by atoms with Crippen LogP contribution >= 0.6 is 0 Å². The van der Waals surface area contributed by atoms with Gasteiger partial charge in [-0.25, -0.2) is 9.35 Å². The summed E-state index contributed by atoms with van der Waals surface area (Å²) in [6, 6.07) is 7.36. The first-order valence-corrected chi connectivity index (χ1v) is 5.37. The van der Waals surface area contributed by atoms with Crippen molar-refractivity contribution in [1.29, 1.82) is 0 Å². The van der Waals surface area contributed by atoms with Crippen LogP contribution in [0.15, 0.2) is 24.3 Å². The van der Waals surface area contributed by atoms with Gasteiger partial charge in [-0.1, -0.05) is 12.1 Å². The minimum Gasteiger partial charge on any atom is -0.494 e. The minimum atomic E-state index is -1.71. The van der Waals surface area contributed by atoms with E-state index in [0.717, 1.165) is 11.3 Å². The van der Waals surface area contributed by atoms with E-state index in [0.29, 0.717) is 6.61 Å². The van der Waals surface area contributed by atoms with Gasteiger partial charge in [0.15, 0.2) is 0 Å². The molecule has 0 saturated carbocycles.